The second kappa shape index (κ2) is 9.23. The fourth-order valence-electron chi connectivity index (χ4n) is 1.79. The molecular formula is C16H26N2O3. The molecule has 0 aromatic heterocycles. The van der Waals surface area contributed by atoms with Crippen molar-refractivity contribution >= 4 is 17.3 Å². The molecule has 3 N–H and O–H groups in total. The molecule has 0 saturated carbocycles. The van der Waals surface area contributed by atoms with Gasteiger partial charge in [-0.25, -0.2) is 0 Å². The van der Waals surface area contributed by atoms with Gasteiger partial charge in [-0.3, -0.25) is 4.79 Å². The zero-order valence-corrected chi connectivity index (χ0v) is 13.1. The molecule has 1 amide bonds. The molecular weight excluding hydrogens is 268 g/mol. The summed E-state index contributed by atoms with van der Waals surface area (Å²) in [5.41, 5.74) is 6.90. The number of carbonyl (C=O) groups is 1. The van der Waals surface area contributed by atoms with Crippen molar-refractivity contribution in [3.63, 3.8) is 0 Å². The van der Waals surface area contributed by atoms with Crippen LogP contribution in [0.5, 0.6) is 5.75 Å². The van der Waals surface area contributed by atoms with Gasteiger partial charge in [0.1, 0.15) is 5.75 Å². The molecule has 1 aromatic rings. The molecule has 0 bridgehead atoms. The van der Waals surface area contributed by atoms with E-state index in [-0.39, 0.29) is 5.91 Å². The van der Waals surface area contributed by atoms with E-state index in [1.54, 1.807) is 25.3 Å². The standard InChI is InChI=1S/C16H26N2O3/c1-12(2)8-10-21-9-4-5-16(19)18-14-11-13(17)6-7-15(14)20-3/h6-7,11-12H,4-5,8-10,17H2,1-3H3,(H,18,19). The van der Waals surface area contributed by atoms with Crippen LogP contribution in [0.25, 0.3) is 0 Å². The van der Waals surface area contributed by atoms with Gasteiger partial charge < -0.3 is 20.5 Å². The highest BCUT2D eigenvalue weighted by Gasteiger charge is 2.08. The molecule has 5 heteroatoms. The number of hydrogen-bond acceptors (Lipinski definition) is 4. The summed E-state index contributed by atoms with van der Waals surface area (Å²) in [6, 6.07) is 5.16. The predicted octanol–water partition coefficient (Wildman–Crippen LogP) is 3.06. The Kier molecular flexibility index (Phi) is 7.61. The summed E-state index contributed by atoms with van der Waals surface area (Å²) in [6.45, 7) is 5.68. The number of nitrogens with two attached hydrogens (primary N) is 1. The van der Waals surface area contributed by atoms with Crippen LogP contribution in [0.1, 0.15) is 33.1 Å². The minimum Gasteiger partial charge on any atom is -0.495 e. The number of carbonyl (C=O) groups excluding carboxylic acids is 1. The zero-order chi connectivity index (χ0) is 15.7. The number of methoxy groups -OCH3 is 1. The van der Waals surface area contributed by atoms with Gasteiger partial charge >= 0.3 is 0 Å². The van der Waals surface area contributed by atoms with Crippen molar-refractivity contribution in [2.45, 2.75) is 33.1 Å². The molecule has 0 aliphatic carbocycles. The number of amides is 1. The van der Waals surface area contributed by atoms with Gasteiger partial charge in [-0.15, -0.1) is 0 Å². The average molecular weight is 294 g/mol. The van der Waals surface area contributed by atoms with E-state index in [9.17, 15) is 4.79 Å². The van der Waals surface area contributed by atoms with Crippen molar-refractivity contribution in [1.82, 2.24) is 0 Å². The number of benzene rings is 1. The van der Waals surface area contributed by atoms with Crippen LogP contribution in [0, 0.1) is 5.92 Å². The Labute approximate surface area is 126 Å². The van der Waals surface area contributed by atoms with Crippen LogP contribution >= 0.6 is 0 Å². The highest BCUT2D eigenvalue weighted by molar-refractivity contribution is 5.92. The summed E-state index contributed by atoms with van der Waals surface area (Å²) >= 11 is 0. The Morgan fingerprint density at radius 2 is 2.10 bits per heavy atom. The molecule has 0 radical (unpaired) electrons. The Balaban J connectivity index is 2.29. The van der Waals surface area contributed by atoms with Crippen LogP contribution in [-0.4, -0.2) is 26.2 Å². The van der Waals surface area contributed by atoms with Gasteiger partial charge in [-0.05, 0) is 37.0 Å². The second-order valence-corrected chi connectivity index (χ2v) is 5.41. The van der Waals surface area contributed by atoms with Crippen LogP contribution in [0.15, 0.2) is 18.2 Å². The van der Waals surface area contributed by atoms with Gasteiger partial charge in [-0.2, -0.15) is 0 Å². The lowest BCUT2D eigenvalue weighted by Gasteiger charge is -2.11. The maximum Gasteiger partial charge on any atom is 0.224 e. The molecule has 118 valence electrons. The van der Waals surface area contributed by atoms with Crippen molar-refractivity contribution in [2.75, 3.05) is 31.4 Å². The average Bonchev–Trinajstić information content (AvgIpc) is 2.42. The SMILES string of the molecule is COc1ccc(N)cc1NC(=O)CCCOCCC(C)C. The highest BCUT2D eigenvalue weighted by atomic mass is 16.5. The smallest absolute Gasteiger partial charge is 0.224 e. The van der Waals surface area contributed by atoms with Gasteiger partial charge in [0.15, 0.2) is 0 Å². The normalized spacial score (nSPS) is 10.7. The quantitative estimate of drug-likeness (QED) is 0.542. The third-order valence-corrected chi connectivity index (χ3v) is 3.03. The van der Waals surface area contributed by atoms with E-state index in [0.29, 0.717) is 42.5 Å². The molecule has 0 unspecified atom stereocenters. The minimum absolute atomic E-state index is 0.0636. The summed E-state index contributed by atoms with van der Waals surface area (Å²) in [4.78, 5) is 11.9. The topological polar surface area (TPSA) is 73.6 Å². The third kappa shape index (κ3) is 6.99. The van der Waals surface area contributed by atoms with Gasteiger partial charge in [-0.1, -0.05) is 13.8 Å². The van der Waals surface area contributed by atoms with Crippen molar-refractivity contribution in [1.29, 1.82) is 0 Å². The maximum atomic E-state index is 11.9. The van der Waals surface area contributed by atoms with Crippen LogP contribution in [-0.2, 0) is 9.53 Å². The lowest BCUT2D eigenvalue weighted by atomic mass is 10.1. The number of anilines is 2. The lowest BCUT2D eigenvalue weighted by molar-refractivity contribution is -0.116. The number of nitrogen functional groups attached to an aromatic ring is 1. The van der Waals surface area contributed by atoms with Gasteiger partial charge in [0.2, 0.25) is 5.91 Å². The largest absolute Gasteiger partial charge is 0.495 e. The Hall–Kier alpha value is -1.75. The molecule has 0 atom stereocenters. The van der Waals surface area contributed by atoms with Crippen molar-refractivity contribution < 1.29 is 14.3 Å². The summed E-state index contributed by atoms with van der Waals surface area (Å²) in [5, 5.41) is 2.81. The summed E-state index contributed by atoms with van der Waals surface area (Å²) < 4.78 is 10.7. The monoisotopic (exact) mass is 294 g/mol. The highest BCUT2D eigenvalue weighted by Crippen LogP contribution is 2.26. The van der Waals surface area contributed by atoms with Crippen molar-refractivity contribution in [3.8, 4) is 5.75 Å². The minimum atomic E-state index is -0.0636. The predicted molar refractivity (Wildman–Crippen MR) is 85.5 cm³/mol. The van der Waals surface area contributed by atoms with E-state index in [1.165, 1.54) is 0 Å². The van der Waals surface area contributed by atoms with E-state index in [4.69, 9.17) is 15.2 Å². The van der Waals surface area contributed by atoms with E-state index in [1.807, 2.05) is 0 Å². The van der Waals surface area contributed by atoms with Gasteiger partial charge in [0, 0.05) is 25.3 Å². The maximum absolute atomic E-state index is 11.9. The first-order valence-corrected chi connectivity index (χ1v) is 7.34. The van der Waals surface area contributed by atoms with Crippen LogP contribution in [0.3, 0.4) is 0 Å². The first-order valence-electron chi connectivity index (χ1n) is 7.34. The molecule has 5 nitrogen and oxygen atoms in total. The molecule has 1 aromatic carbocycles. The molecule has 0 heterocycles. The molecule has 1 rings (SSSR count). The third-order valence-electron chi connectivity index (χ3n) is 3.03. The summed E-state index contributed by atoms with van der Waals surface area (Å²) in [5.74, 6) is 1.18. The number of hydrogen-bond donors (Lipinski definition) is 2. The van der Waals surface area contributed by atoms with Gasteiger partial charge in [0.05, 0.1) is 12.8 Å². The summed E-state index contributed by atoms with van der Waals surface area (Å²) in [6.07, 6.45) is 2.17. The zero-order valence-electron chi connectivity index (χ0n) is 13.1. The Bertz CT molecular complexity index is 447. The number of rotatable bonds is 9. The molecule has 0 saturated heterocycles. The molecule has 0 aliphatic heterocycles. The Morgan fingerprint density at radius 3 is 2.76 bits per heavy atom. The van der Waals surface area contributed by atoms with Gasteiger partial charge in [0.25, 0.3) is 0 Å². The molecule has 0 aliphatic rings. The van der Waals surface area contributed by atoms with E-state index < -0.39 is 0 Å². The number of nitrogens with one attached hydrogen (secondary N) is 1. The number of ether oxygens (including phenoxy) is 2. The van der Waals surface area contributed by atoms with Crippen LogP contribution in [0.4, 0.5) is 11.4 Å². The van der Waals surface area contributed by atoms with Crippen LogP contribution in [0.2, 0.25) is 0 Å². The van der Waals surface area contributed by atoms with E-state index in [0.717, 1.165) is 13.0 Å². The molecule has 21 heavy (non-hydrogen) atoms. The van der Waals surface area contributed by atoms with E-state index in [2.05, 4.69) is 19.2 Å². The Morgan fingerprint density at radius 1 is 1.33 bits per heavy atom. The lowest BCUT2D eigenvalue weighted by Crippen LogP contribution is -2.13. The van der Waals surface area contributed by atoms with Crippen molar-refractivity contribution in [3.05, 3.63) is 18.2 Å². The summed E-state index contributed by atoms with van der Waals surface area (Å²) in [7, 11) is 1.56. The van der Waals surface area contributed by atoms with E-state index >= 15 is 0 Å². The molecule has 0 fully saturated rings. The first-order chi connectivity index (χ1) is 10.0. The fourth-order valence-corrected chi connectivity index (χ4v) is 1.79. The van der Waals surface area contributed by atoms with Crippen molar-refractivity contribution in [2.24, 2.45) is 5.92 Å². The fraction of sp³-hybridized carbons (Fsp3) is 0.562. The first kappa shape index (κ1) is 17.3. The second-order valence-electron chi connectivity index (χ2n) is 5.41. The molecule has 0 spiro atoms. The van der Waals surface area contributed by atoms with Crippen LogP contribution < -0.4 is 15.8 Å².